The van der Waals surface area contributed by atoms with Gasteiger partial charge in [0.1, 0.15) is 5.82 Å². The van der Waals surface area contributed by atoms with Crippen LogP contribution in [0.1, 0.15) is 18.4 Å². The van der Waals surface area contributed by atoms with Crippen LogP contribution >= 0.6 is 0 Å². The molecule has 0 bridgehead atoms. The van der Waals surface area contributed by atoms with E-state index >= 15 is 0 Å². The fraction of sp³-hybridized carbons (Fsp3) is 0.200. The van der Waals surface area contributed by atoms with E-state index in [4.69, 9.17) is 5.73 Å². The molecule has 1 unspecified atom stereocenters. The average Bonchev–Trinajstić information content (AvgIpc) is 2.43. The van der Waals surface area contributed by atoms with E-state index in [9.17, 15) is 12.8 Å². The van der Waals surface area contributed by atoms with Crippen LogP contribution in [0.4, 0.5) is 15.8 Å². The van der Waals surface area contributed by atoms with Crippen molar-refractivity contribution in [2.45, 2.75) is 12.8 Å². The molecule has 0 spiro atoms. The van der Waals surface area contributed by atoms with Crippen LogP contribution < -0.4 is 10.5 Å². The van der Waals surface area contributed by atoms with Crippen molar-refractivity contribution in [3.63, 3.8) is 0 Å². The van der Waals surface area contributed by atoms with Gasteiger partial charge in [-0.1, -0.05) is 37.3 Å². The zero-order valence-electron chi connectivity index (χ0n) is 11.6. The van der Waals surface area contributed by atoms with Gasteiger partial charge in [-0.15, -0.1) is 0 Å². The maximum atomic E-state index is 13.6. The second-order valence-corrected chi connectivity index (χ2v) is 6.70. The molecule has 0 aliphatic carbocycles. The summed E-state index contributed by atoms with van der Waals surface area (Å²) in [5.74, 6) is -0.987. The van der Waals surface area contributed by atoms with Gasteiger partial charge in [0.15, 0.2) is 0 Å². The summed E-state index contributed by atoms with van der Waals surface area (Å²) < 4.78 is 40.1. The average molecular weight is 308 g/mol. The Morgan fingerprint density at radius 3 is 2.52 bits per heavy atom. The minimum atomic E-state index is -3.67. The molecule has 112 valence electrons. The lowest BCUT2D eigenvalue weighted by Gasteiger charge is -2.14. The third-order valence-corrected chi connectivity index (χ3v) is 4.56. The number of nitrogen functional groups attached to an aromatic ring is 1. The third-order valence-electron chi connectivity index (χ3n) is 3.09. The predicted octanol–water partition coefficient (Wildman–Crippen LogP) is 2.95. The first-order chi connectivity index (χ1) is 9.87. The van der Waals surface area contributed by atoms with Gasteiger partial charge in [-0.25, -0.2) is 12.8 Å². The van der Waals surface area contributed by atoms with Crippen molar-refractivity contribution >= 4 is 21.4 Å². The molecule has 21 heavy (non-hydrogen) atoms. The highest BCUT2D eigenvalue weighted by molar-refractivity contribution is 7.92. The molecule has 0 saturated carbocycles. The number of hydrogen-bond acceptors (Lipinski definition) is 3. The molecule has 0 heterocycles. The van der Waals surface area contributed by atoms with Gasteiger partial charge in [-0.05, 0) is 29.7 Å². The molecule has 0 radical (unpaired) electrons. The van der Waals surface area contributed by atoms with Crippen LogP contribution in [-0.4, -0.2) is 14.2 Å². The molecule has 0 aliphatic rings. The predicted molar refractivity (Wildman–Crippen MR) is 83.1 cm³/mol. The Bertz CT molecular complexity index is 718. The topological polar surface area (TPSA) is 72.2 Å². The number of sulfonamides is 1. The third kappa shape index (κ3) is 4.19. The molecule has 2 rings (SSSR count). The van der Waals surface area contributed by atoms with Crippen LogP contribution in [0.15, 0.2) is 48.5 Å². The van der Waals surface area contributed by atoms with E-state index in [-0.39, 0.29) is 17.4 Å². The molecular formula is C15H17FN2O2S. The Morgan fingerprint density at radius 2 is 1.86 bits per heavy atom. The minimum absolute atomic E-state index is 0.129. The number of benzene rings is 2. The van der Waals surface area contributed by atoms with Crippen LogP contribution in [0, 0.1) is 5.82 Å². The van der Waals surface area contributed by atoms with Gasteiger partial charge < -0.3 is 5.73 Å². The maximum absolute atomic E-state index is 13.6. The number of hydrogen-bond donors (Lipinski definition) is 2. The monoisotopic (exact) mass is 308 g/mol. The van der Waals surface area contributed by atoms with Crippen molar-refractivity contribution in [1.82, 2.24) is 0 Å². The number of anilines is 2. The van der Waals surface area contributed by atoms with Gasteiger partial charge in [0.25, 0.3) is 0 Å². The SMILES string of the molecule is CC(CS(=O)(=O)Nc1cc(N)ccc1F)c1ccccc1. The highest BCUT2D eigenvalue weighted by atomic mass is 32.2. The van der Waals surface area contributed by atoms with E-state index in [0.29, 0.717) is 5.69 Å². The lowest BCUT2D eigenvalue weighted by Crippen LogP contribution is -2.21. The van der Waals surface area contributed by atoms with Gasteiger partial charge in [0.2, 0.25) is 10.0 Å². The summed E-state index contributed by atoms with van der Waals surface area (Å²) in [5.41, 5.74) is 6.62. The number of rotatable bonds is 5. The zero-order valence-corrected chi connectivity index (χ0v) is 12.4. The van der Waals surface area contributed by atoms with Crippen LogP contribution in [0.25, 0.3) is 0 Å². The summed E-state index contributed by atoms with van der Waals surface area (Å²) in [4.78, 5) is 0. The summed E-state index contributed by atoms with van der Waals surface area (Å²) in [7, 11) is -3.67. The second-order valence-electron chi connectivity index (χ2n) is 4.93. The second kappa shape index (κ2) is 6.13. The standard InChI is InChI=1S/C15H17FN2O2S/c1-11(12-5-3-2-4-6-12)10-21(19,20)18-15-9-13(17)7-8-14(15)16/h2-9,11,18H,10,17H2,1H3. The molecule has 6 heteroatoms. The molecule has 0 aromatic heterocycles. The molecule has 3 N–H and O–H groups in total. The summed E-state index contributed by atoms with van der Waals surface area (Å²) in [6, 6.07) is 13.1. The zero-order chi connectivity index (χ0) is 15.5. The molecule has 0 saturated heterocycles. The van der Waals surface area contributed by atoms with Crippen LogP contribution in [0.3, 0.4) is 0 Å². The molecule has 0 aliphatic heterocycles. The Balaban J connectivity index is 2.14. The van der Waals surface area contributed by atoms with Crippen molar-refractivity contribution in [1.29, 1.82) is 0 Å². The summed E-state index contributed by atoms with van der Waals surface area (Å²) in [6.07, 6.45) is 0. The molecule has 1 atom stereocenters. The van der Waals surface area contributed by atoms with E-state index in [1.165, 1.54) is 12.1 Å². The van der Waals surface area contributed by atoms with Crippen molar-refractivity contribution in [3.05, 3.63) is 59.9 Å². The molecule has 0 amide bonds. The lowest BCUT2D eigenvalue weighted by molar-refractivity contribution is 0.593. The maximum Gasteiger partial charge on any atom is 0.233 e. The molecule has 0 fully saturated rings. The summed E-state index contributed by atoms with van der Waals surface area (Å²) >= 11 is 0. The van der Waals surface area contributed by atoms with Crippen LogP contribution in [-0.2, 0) is 10.0 Å². The first kappa shape index (κ1) is 15.3. The Morgan fingerprint density at radius 1 is 1.19 bits per heavy atom. The smallest absolute Gasteiger partial charge is 0.233 e. The largest absolute Gasteiger partial charge is 0.399 e. The Hall–Kier alpha value is -2.08. The molecule has 4 nitrogen and oxygen atoms in total. The quantitative estimate of drug-likeness (QED) is 0.834. The first-order valence-electron chi connectivity index (χ1n) is 6.48. The molecule has 2 aromatic carbocycles. The van der Waals surface area contributed by atoms with Crippen molar-refractivity contribution in [3.8, 4) is 0 Å². The first-order valence-corrected chi connectivity index (χ1v) is 8.13. The number of nitrogens with one attached hydrogen (secondary N) is 1. The minimum Gasteiger partial charge on any atom is -0.399 e. The van der Waals surface area contributed by atoms with Crippen molar-refractivity contribution in [2.24, 2.45) is 0 Å². The Kier molecular flexibility index (Phi) is 4.47. The van der Waals surface area contributed by atoms with Crippen LogP contribution in [0.2, 0.25) is 0 Å². The van der Waals surface area contributed by atoms with E-state index in [0.717, 1.165) is 11.6 Å². The fourth-order valence-corrected chi connectivity index (χ4v) is 3.46. The van der Waals surface area contributed by atoms with Gasteiger partial charge in [0.05, 0.1) is 11.4 Å². The normalized spacial score (nSPS) is 12.9. The van der Waals surface area contributed by atoms with E-state index in [2.05, 4.69) is 4.72 Å². The molecule has 2 aromatic rings. The van der Waals surface area contributed by atoms with Crippen molar-refractivity contribution in [2.75, 3.05) is 16.2 Å². The van der Waals surface area contributed by atoms with Gasteiger partial charge in [-0.2, -0.15) is 0 Å². The summed E-state index contributed by atoms with van der Waals surface area (Å²) in [5, 5.41) is 0. The van der Waals surface area contributed by atoms with Crippen LogP contribution in [0.5, 0.6) is 0 Å². The summed E-state index contributed by atoms with van der Waals surface area (Å²) in [6.45, 7) is 1.81. The number of nitrogens with two attached hydrogens (primary N) is 1. The highest BCUT2D eigenvalue weighted by Crippen LogP contribution is 2.21. The lowest BCUT2D eigenvalue weighted by atomic mass is 10.0. The van der Waals surface area contributed by atoms with Gasteiger partial charge in [0, 0.05) is 5.69 Å². The Labute approximate surface area is 123 Å². The van der Waals surface area contributed by atoms with Crippen molar-refractivity contribution < 1.29 is 12.8 Å². The van der Waals surface area contributed by atoms with E-state index < -0.39 is 15.8 Å². The number of halogens is 1. The molecular weight excluding hydrogens is 291 g/mol. The highest BCUT2D eigenvalue weighted by Gasteiger charge is 2.18. The fourth-order valence-electron chi connectivity index (χ4n) is 2.04. The van der Waals surface area contributed by atoms with Gasteiger partial charge >= 0.3 is 0 Å². The van der Waals surface area contributed by atoms with Gasteiger partial charge in [-0.3, -0.25) is 4.72 Å². The van der Waals surface area contributed by atoms with E-state index in [1.54, 1.807) is 0 Å². The van der Waals surface area contributed by atoms with E-state index in [1.807, 2.05) is 37.3 Å².